The Bertz CT molecular complexity index is 607. The maximum absolute atomic E-state index is 12.0. The Hall–Kier alpha value is -2.28. The molecular formula is C12H11N3O3S. The molecule has 0 radical (unpaired) electrons. The number of hydrogen-bond donors (Lipinski definition) is 2. The van der Waals surface area contributed by atoms with Gasteiger partial charge in [-0.1, -0.05) is 11.4 Å². The summed E-state index contributed by atoms with van der Waals surface area (Å²) in [4.78, 5) is 23.2. The van der Waals surface area contributed by atoms with Crippen LogP contribution in [0.15, 0.2) is 24.3 Å². The number of nitrogens with one attached hydrogen (secondary N) is 1. The number of carbonyl (C=O) groups is 2. The molecule has 1 heterocycles. The molecule has 0 fully saturated rings. The third-order valence-corrected chi connectivity index (χ3v) is 3.25. The normalized spacial score (nSPS) is 10.2. The van der Waals surface area contributed by atoms with Crippen LogP contribution in [0.3, 0.4) is 0 Å². The molecule has 0 saturated carbocycles. The summed E-state index contributed by atoms with van der Waals surface area (Å²) >= 11 is 1.04. The van der Waals surface area contributed by atoms with E-state index < -0.39 is 5.97 Å². The highest BCUT2D eigenvalue weighted by Gasteiger charge is 2.15. The minimum Gasteiger partial charge on any atom is -0.478 e. The second kappa shape index (κ2) is 5.57. The summed E-state index contributed by atoms with van der Waals surface area (Å²) in [6.07, 6.45) is 0.636. The number of amides is 1. The van der Waals surface area contributed by atoms with Gasteiger partial charge >= 0.3 is 5.97 Å². The van der Waals surface area contributed by atoms with Gasteiger partial charge in [-0.05, 0) is 42.2 Å². The first-order chi connectivity index (χ1) is 9.11. The maximum atomic E-state index is 12.0. The number of aromatic nitrogens is 2. The lowest BCUT2D eigenvalue weighted by atomic mass is 10.2. The quantitative estimate of drug-likeness (QED) is 0.892. The Morgan fingerprint density at radius 2 is 2.00 bits per heavy atom. The number of benzene rings is 1. The topological polar surface area (TPSA) is 92.2 Å². The average molecular weight is 277 g/mol. The highest BCUT2D eigenvalue weighted by atomic mass is 32.1. The highest BCUT2D eigenvalue weighted by Crippen LogP contribution is 2.15. The predicted octanol–water partition coefficient (Wildman–Crippen LogP) is 2.05. The molecule has 98 valence electrons. The number of anilines is 1. The Morgan fingerprint density at radius 1 is 1.32 bits per heavy atom. The van der Waals surface area contributed by atoms with Gasteiger partial charge in [0, 0.05) is 5.69 Å². The van der Waals surface area contributed by atoms with Crippen LogP contribution >= 0.6 is 11.5 Å². The van der Waals surface area contributed by atoms with Gasteiger partial charge in [0.05, 0.1) is 11.3 Å². The van der Waals surface area contributed by atoms with Crippen LogP contribution in [0.5, 0.6) is 0 Å². The minimum absolute atomic E-state index is 0.173. The third kappa shape index (κ3) is 2.94. The molecule has 0 atom stereocenters. The van der Waals surface area contributed by atoms with Crippen LogP contribution in [-0.4, -0.2) is 26.6 Å². The van der Waals surface area contributed by atoms with Crippen molar-refractivity contribution in [2.45, 2.75) is 13.3 Å². The Balaban J connectivity index is 2.13. The molecule has 0 unspecified atom stereocenters. The zero-order valence-corrected chi connectivity index (χ0v) is 10.9. The molecule has 0 spiro atoms. The van der Waals surface area contributed by atoms with Crippen LogP contribution in [0.4, 0.5) is 5.69 Å². The smallest absolute Gasteiger partial charge is 0.335 e. The SMILES string of the molecule is CCc1nnsc1C(=O)Nc1ccc(C(=O)O)cc1. The maximum Gasteiger partial charge on any atom is 0.335 e. The fraction of sp³-hybridized carbons (Fsp3) is 0.167. The van der Waals surface area contributed by atoms with Crippen molar-refractivity contribution >= 4 is 29.1 Å². The molecule has 6 nitrogen and oxygen atoms in total. The van der Waals surface area contributed by atoms with E-state index in [-0.39, 0.29) is 11.5 Å². The van der Waals surface area contributed by atoms with E-state index in [4.69, 9.17) is 5.11 Å². The summed E-state index contributed by atoms with van der Waals surface area (Å²) in [6, 6.07) is 5.95. The Morgan fingerprint density at radius 3 is 2.58 bits per heavy atom. The second-order valence-electron chi connectivity index (χ2n) is 3.74. The Kier molecular flexibility index (Phi) is 3.86. The number of carboxylic acid groups (broad SMARTS) is 1. The van der Waals surface area contributed by atoms with Gasteiger partial charge in [0.2, 0.25) is 0 Å². The van der Waals surface area contributed by atoms with Crippen molar-refractivity contribution in [1.29, 1.82) is 0 Å². The van der Waals surface area contributed by atoms with Gasteiger partial charge in [0.15, 0.2) is 0 Å². The Labute approximate surface area is 113 Å². The van der Waals surface area contributed by atoms with Crippen LogP contribution in [0.2, 0.25) is 0 Å². The number of hydrogen-bond acceptors (Lipinski definition) is 5. The standard InChI is InChI=1S/C12H11N3O3S/c1-2-9-10(19-15-14-9)11(16)13-8-5-3-7(4-6-8)12(17)18/h3-6H,2H2,1H3,(H,13,16)(H,17,18). The molecule has 0 aliphatic rings. The van der Waals surface area contributed by atoms with Crippen molar-refractivity contribution in [3.05, 3.63) is 40.4 Å². The van der Waals surface area contributed by atoms with Crippen LogP contribution in [0.25, 0.3) is 0 Å². The van der Waals surface area contributed by atoms with Crippen molar-refractivity contribution in [3.8, 4) is 0 Å². The second-order valence-corrected chi connectivity index (χ2v) is 4.49. The fourth-order valence-corrected chi connectivity index (χ4v) is 2.14. The summed E-state index contributed by atoms with van der Waals surface area (Å²) in [5, 5.41) is 15.3. The summed E-state index contributed by atoms with van der Waals surface area (Å²) in [5.41, 5.74) is 1.36. The van der Waals surface area contributed by atoms with Gasteiger partial charge in [-0.15, -0.1) is 5.10 Å². The lowest BCUT2D eigenvalue weighted by Gasteiger charge is -2.04. The summed E-state index contributed by atoms with van der Waals surface area (Å²) in [7, 11) is 0. The zero-order valence-electron chi connectivity index (χ0n) is 10.1. The van der Waals surface area contributed by atoms with Gasteiger partial charge in [-0.2, -0.15) is 0 Å². The largest absolute Gasteiger partial charge is 0.478 e. The summed E-state index contributed by atoms with van der Waals surface area (Å²) in [6.45, 7) is 1.90. The molecule has 0 aliphatic carbocycles. The average Bonchev–Trinajstić information content (AvgIpc) is 2.87. The van der Waals surface area contributed by atoms with Gasteiger partial charge in [-0.25, -0.2) is 4.79 Å². The number of rotatable bonds is 4. The van der Waals surface area contributed by atoms with E-state index in [9.17, 15) is 9.59 Å². The minimum atomic E-state index is -1.00. The molecule has 19 heavy (non-hydrogen) atoms. The van der Waals surface area contributed by atoms with Crippen molar-refractivity contribution in [3.63, 3.8) is 0 Å². The van der Waals surface area contributed by atoms with Crippen molar-refractivity contribution in [2.75, 3.05) is 5.32 Å². The zero-order chi connectivity index (χ0) is 13.8. The first-order valence-electron chi connectivity index (χ1n) is 5.57. The van der Waals surface area contributed by atoms with Gasteiger partial charge < -0.3 is 10.4 Å². The fourth-order valence-electron chi connectivity index (χ4n) is 1.50. The molecule has 2 N–H and O–H groups in total. The van der Waals surface area contributed by atoms with Crippen LogP contribution in [-0.2, 0) is 6.42 Å². The summed E-state index contributed by atoms with van der Waals surface area (Å²) < 4.78 is 3.75. The predicted molar refractivity (Wildman–Crippen MR) is 70.6 cm³/mol. The highest BCUT2D eigenvalue weighted by molar-refractivity contribution is 7.08. The lowest BCUT2D eigenvalue weighted by Crippen LogP contribution is -2.12. The molecule has 1 aromatic heterocycles. The molecular weight excluding hydrogens is 266 g/mol. The molecule has 0 bridgehead atoms. The van der Waals surface area contributed by atoms with E-state index in [1.807, 2.05) is 6.92 Å². The van der Waals surface area contributed by atoms with E-state index in [0.717, 1.165) is 11.5 Å². The molecule has 1 aromatic carbocycles. The monoisotopic (exact) mass is 277 g/mol. The lowest BCUT2D eigenvalue weighted by molar-refractivity contribution is 0.0696. The van der Waals surface area contributed by atoms with Crippen LogP contribution in [0.1, 0.15) is 32.6 Å². The number of aromatic carboxylic acids is 1. The number of carbonyl (C=O) groups excluding carboxylic acids is 1. The molecule has 7 heteroatoms. The van der Waals surface area contributed by atoms with Crippen molar-refractivity contribution in [2.24, 2.45) is 0 Å². The van der Waals surface area contributed by atoms with Gasteiger partial charge in [0.1, 0.15) is 4.88 Å². The first kappa shape index (κ1) is 13.2. The van der Waals surface area contributed by atoms with E-state index in [1.165, 1.54) is 12.1 Å². The van der Waals surface area contributed by atoms with Crippen LogP contribution < -0.4 is 5.32 Å². The van der Waals surface area contributed by atoms with Crippen molar-refractivity contribution < 1.29 is 14.7 Å². The van der Waals surface area contributed by atoms with E-state index >= 15 is 0 Å². The van der Waals surface area contributed by atoms with Gasteiger partial charge in [0.25, 0.3) is 5.91 Å². The van der Waals surface area contributed by atoms with E-state index in [2.05, 4.69) is 14.9 Å². The van der Waals surface area contributed by atoms with Crippen molar-refractivity contribution in [1.82, 2.24) is 9.59 Å². The first-order valence-corrected chi connectivity index (χ1v) is 6.35. The molecule has 0 saturated heterocycles. The third-order valence-electron chi connectivity index (χ3n) is 2.49. The molecule has 2 rings (SSSR count). The number of carboxylic acids is 1. The molecule has 1 amide bonds. The molecule has 0 aliphatic heterocycles. The van der Waals surface area contributed by atoms with Crippen LogP contribution in [0, 0.1) is 0 Å². The van der Waals surface area contributed by atoms with E-state index in [0.29, 0.717) is 22.7 Å². The number of aryl methyl sites for hydroxylation is 1. The number of nitrogens with zero attached hydrogens (tertiary/aromatic N) is 2. The van der Waals surface area contributed by atoms with Gasteiger partial charge in [-0.3, -0.25) is 4.79 Å². The summed E-state index contributed by atoms with van der Waals surface area (Å²) in [5.74, 6) is -1.28. The molecule has 2 aromatic rings. The van der Waals surface area contributed by atoms with E-state index in [1.54, 1.807) is 12.1 Å².